The highest BCUT2D eigenvalue weighted by Crippen LogP contribution is 2.47. The first-order chi connectivity index (χ1) is 15.2. The molecular formula is C27H39NO3S. The normalized spacial score (nSPS) is 14.5. The Morgan fingerprint density at radius 3 is 2.59 bits per heavy atom. The number of hydrogen-bond acceptors (Lipinski definition) is 5. The maximum Gasteiger partial charge on any atom is 0.147 e. The molecule has 1 unspecified atom stereocenters. The van der Waals surface area contributed by atoms with Gasteiger partial charge in [-0.25, -0.2) is 0 Å². The van der Waals surface area contributed by atoms with E-state index in [9.17, 15) is 0 Å². The molecule has 0 radical (unpaired) electrons. The first-order valence-electron chi connectivity index (χ1n) is 11.7. The summed E-state index contributed by atoms with van der Waals surface area (Å²) >= 11 is 1.59. The van der Waals surface area contributed by atoms with Crippen LogP contribution >= 0.6 is 11.9 Å². The lowest BCUT2D eigenvalue weighted by Crippen LogP contribution is -2.22. The predicted molar refractivity (Wildman–Crippen MR) is 137 cm³/mol. The fourth-order valence-corrected chi connectivity index (χ4v) is 5.04. The van der Waals surface area contributed by atoms with Gasteiger partial charge in [-0.05, 0) is 101 Å². The van der Waals surface area contributed by atoms with Crippen LogP contribution in [0.4, 0.5) is 5.69 Å². The van der Waals surface area contributed by atoms with Gasteiger partial charge < -0.3 is 18.9 Å². The number of aryl methyl sites for hydroxylation is 1. The molecule has 1 N–H and O–H groups in total. The van der Waals surface area contributed by atoms with E-state index in [2.05, 4.69) is 71.4 Å². The average Bonchev–Trinajstić information content (AvgIpc) is 2.74. The molecule has 0 amide bonds. The average molecular weight is 458 g/mol. The summed E-state index contributed by atoms with van der Waals surface area (Å²) in [6.07, 6.45) is 5.05. The van der Waals surface area contributed by atoms with Gasteiger partial charge in [-0.2, -0.15) is 0 Å². The third kappa shape index (κ3) is 5.37. The van der Waals surface area contributed by atoms with Gasteiger partial charge in [0.05, 0.1) is 30.6 Å². The quantitative estimate of drug-likeness (QED) is 0.412. The van der Waals surface area contributed by atoms with E-state index >= 15 is 0 Å². The maximum atomic E-state index is 6.49. The third-order valence-electron chi connectivity index (χ3n) is 5.78. The molecule has 0 bridgehead atoms. The van der Waals surface area contributed by atoms with E-state index < -0.39 is 0 Å². The van der Waals surface area contributed by atoms with E-state index in [-0.39, 0.29) is 11.7 Å². The second-order valence-electron chi connectivity index (χ2n) is 9.54. The minimum absolute atomic E-state index is 0.0707. The highest BCUT2D eigenvalue weighted by Gasteiger charge is 2.28. The van der Waals surface area contributed by atoms with Crippen LogP contribution in [0.1, 0.15) is 75.8 Å². The van der Waals surface area contributed by atoms with Gasteiger partial charge in [0, 0.05) is 11.8 Å². The van der Waals surface area contributed by atoms with Crippen molar-refractivity contribution in [1.82, 2.24) is 0 Å². The largest absolute Gasteiger partial charge is 0.493 e. The smallest absolute Gasteiger partial charge is 0.147 e. The van der Waals surface area contributed by atoms with Crippen LogP contribution in [0.25, 0.3) is 11.1 Å². The molecule has 0 saturated heterocycles. The highest BCUT2D eigenvalue weighted by molar-refractivity contribution is 7.99. The highest BCUT2D eigenvalue weighted by atomic mass is 32.2. The number of rotatable bonds is 8. The molecule has 0 saturated carbocycles. The lowest BCUT2D eigenvalue weighted by atomic mass is 9.86. The van der Waals surface area contributed by atoms with Crippen molar-refractivity contribution in [2.24, 2.45) is 0 Å². The minimum Gasteiger partial charge on any atom is -0.493 e. The zero-order valence-corrected chi connectivity index (χ0v) is 21.8. The van der Waals surface area contributed by atoms with E-state index in [1.165, 1.54) is 27.8 Å². The Bertz CT molecular complexity index is 949. The van der Waals surface area contributed by atoms with E-state index in [0.29, 0.717) is 6.61 Å². The summed E-state index contributed by atoms with van der Waals surface area (Å²) in [7, 11) is 0. The van der Waals surface area contributed by atoms with Crippen molar-refractivity contribution in [2.75, 3.05) is 24.2 Å². The topological polar surface area (TPSA) is 39.7 Å². The standard InChI is InChI=1S/C27H39NO3S/c1-9-14-30-26-18(3)24(21-12-13-22-20(16-21)11-10-15-29-22)23(17(2)25(26)28-32-8)19(4)31-27(5,6)7/h12-13,16,19,28H,9-11,14-15H2,1-8H3. The van der Waals surface area contributed by atoms with Gasteiger partial charge in [-0.1, -0.05) is 24.9 Å². The van der Waals surface area contributed by atoms with Crippen molar-refractivity contribution >= 4 is 17.6 Å². The van der Waals surface area contributed by atoms with E-state index in [0.717, 1.165) is 48.6 Å². The van der Waals surface area contributed by atoms with Gasteiger partial charge in [0.2, 0.25) is 0 Å². The lowest BCUT2D eigenvalue weighted by molar-refractivity contribution is -0.0529. The Morgan fingerprint density at radius 2 is 1.94 bits per heavy atom. The van der Waals surface area contributed by atoms with Crippen LogP contribution in [0.15, 0.2) is 18.2 Å². The second-order valence-corrected chi connectivity index (χ2v) is 10.2. The zero-order chi connectivity index (χ0) is 23.5. The molecule has 0 aliphatic carbocycles. The number of ether oxygens (including phenoxy) is 3. The molecule has 4 nitrogen and oxygen atoms in total. The van der Waals surface area contributed by atoms with Crippen LogP contribution in [-0.2, 0) is 11.2 Å². The molecule has 32 heavy (non-hydrogen) atoms. The lowest BCUT2D eigenvalue weighted by Gasteiger charge is -2.31. The summed E-state index contributed by atoms with van der Waals surface area (Å²) in [5, 5.41) is 0. The Kier molecular flexibility index (Phi) is 8.05. The Morgan fingerprint density at radius 1 is 1.19 bits per heavy atom. The van der Waals surface area contributed by atoms with Crippen molar-refractivity contribution < 1.29 is 14.2 Å². The summed E-state index contributed by atoms with van der Waals surface area (Å²) in [4.78, 5) is 0. The van der Waals surface area contributed by atoms with Crippen LogP contribution in [0.5, 0.6) is 11.5 Å². The zero-order valence-electron chi connectivity index (χ0n) is 21.0. The van der Waals surface area contributed by atoms with Crippen LogP contribution in [0, 0.1) is 13.8 Å². The summed E-state index contributed by atoms with van der Waals surface area (Å²) in [6, 6.07) is 6.61. The Labute approximate surface area is 198 Å². The van der Waals surface area contributed by atoms with Gasteiger partial charge in [0.25, 0.3) is 0 Å². The molecule has 176 valence electrons. The second kappa shape index (κ2) is 10.4. The van der Waals surface area contributed by atoms with Crippen LogP contribution in [-0.4, -0.2) is 25.1 Å². The molecular weight excluding hydrogens is 418 g/mol. The molecule has 0 fully saturated rings. The number of benzene rings is 2. The van der Waals surface area contributed by atoms with Crippen LogP contribution < -0.4 is 14.2 Å². The summed E-state index contributed by atoms with van der Waals surface area (Å²) in [6.45, 7) is 16.5. The van der Waals surface area contributed by atoms with Gasteiger partial charge in [0.15, 0.2) is 0 Å². The van der Waals surface area contributed by atoms with E-state index in [1.807, 2.05) is 6.26 Å². The van der Waals surface area contributed by atoms with Crippen LogP contribution in [0.3, 0.4) is 0 Å². The van der Waals surface area contributed by atoms with Gasteiger partial charge in [-0.15, -0.1) is 0 Å². The Balaban J connectivity index is 2.27. The molecule has 0 aromatic heterocycles. The molecule has 1 aliphatic heterocycles. The van der Waals surface area contributed by atoms with Crippen molar-refractivity contribution in [3.05, 3.63) is 40.5 Å². The number of nitrogens with one attached hydrogen (secondary N) is 1. The number of hydrogen-bond donors (Lipinski definition) is 1. The molecule has 1 heterocycles. The van der Waals surface area contributed by atoms with E-state index in [1.54, 1.807) is 11.9 Å². The van der Waals surface area contributed by atoms with E-state index in [4.69, 9.17) is 14.2 Å². The van der Waals surface area contributed by atoms with Crippen molar-refractivity contribution in [3.8, 4) is 22.6 Å². The predicted octanol–water partition coefficient (Wildman–Crippen LogP) is 7.65. The maximum absolute atomic E-state index is 6.49. The van der Waals surface area contributed by atoms with Crippen molar-refractivity contribution in [2.45, 2.75) is 79.4 Å². The molecule has 5 heteroatoms. The first-order valence-corrected chi connectivity index (χ1v) is 12.9. The molecule has 1 aliphatic rings. The minimum atomic E-state index is -0.245. The Hall–Kier alpha value is -1.85. The number of fused-ring (bicyclic) bond motifs is 1. The summed E-state index contributed by atoms with van der Waals surface area (Å²) < 4.78 is 22.2. The van der Waals surface area contributed by atoms with Gasteiger partial charge >= 0.3 is 0 Å². The fraction of sp³-hybridized carbons (Fsp3) is 0.556. The SMILES string of the molecule is CCCOc1c(C)c(-c2ccc3c(c2)CCCO3)c(C(C)OC(C)(C)C)c(C)c1NSC. The monoisotopic (exact) mass is 457 g/mol. The molecule has 3 rings (SSSR count). The fourth-order valence-electron chi connectivity index (χ4n) is 4.59. The third-order valence-corrected chi connectivity index (χ3v) is 6.19. The van der Waals surface area contributed by atoms with Gasteiger partial charge in [0.1, 0.15) is 11.5 Å². The van der Waals surface area contributed by atoms with Gasteiger partial charge in [-0.3, -0.25) is 0 Å². The molecule has 1 atom stereocenters. The van der Waals surface area contributed by atoms with Crippen molar-refractivity contribution in [3.63, 3.8) is 0 Å². The molecule has 0 spiro atoms. The molecule has 2 aromatic carbocycles. The van der Waals surface area contributed by atoms with Crippen molar-refractivity contribution in [1.29, 1.82) is 0 Å². The molecule has 2 aromatic rings. The number of anilines is 1. The summed E-state index contributed by atoms with van der Waals surface area (Å²) in [5.41, 5.74) is 8.04. The van der Waals surface area contributed by atoms with Crippen LogP contribution in [0.2, 0.25) is 0 Å². The summed E-state index contributed by atoms with van der Waals surface area (Å²) in [5.74, 6) is 1.95. The first kappa shape index (κ1) is 24.8.